The average Bonchev–Trinajstić information content (AvgIpc) is 3.07. The minimum absolute atomic E-state index is 0.0376. The highest BCUT2D eigenvalue weighted by molar-refractivity contribution is 7.99. The van der Waals surface area contributed by atoms with Crippen molar-refractivity contribution in [2.45, 2.75) is 49.9 Å². The Bertz CT molecular complexity index is 533. The van der Waals surface area contributed by atoms with Crippen molar-refractivity contribution in [3.63, 3.8) is 0 Å². The Morgan fingerprint density at radius 3 is 2.88 bits per heavy atom. The van der Waals surface area contributed by atoms with Crippen LogP contribution in [0, 0.1) is 0 Å². The van der Waals surface area contributed by atoms with Crippen LogP contribution in [0.1, 0.15) is 32.6 Å². The number of ether oxygens (including phenoxy) is 1. The zero-order valence-corrected chi connectivity index (χ0v) is 15.2. The predicted octanol–water partition coefficient (Wildman–Crippen LogP) is 1.21. The van der Waals surface area contributed by atoms with Gasteiger partial charge in [0.05, 0.1) is 19.3 Å². The lowest BCUT2D eigenvalue weighted by molar-refractivity contribution is 0.0322. The Morgan fingerprint density at radius 2 is 2.21 bits per heavy atom. The van der Waals surface area contributed by atoms with E-state index in [1.54, 1.807) is 23.8 Å². The van der Waals surface area contributed by atoms with E-state index in [1.165, 1.54) is 0 Å². The van der Waals surface area contributed by atoms with Crippen molar-refractivity contribution in [1.82, 2.24) is 9.97 Å². The normalized spacial score (nSPS) is 20.3. The molecule has 0 unspecified atom stereocenters. The highest BCUT2D eigenvalue weighted by Crippen LogP contribution is 2.33. The molecule has 0 aromatic carbocycles. The van der Waals surface area contributed by atoms with E-state index in [4.69, 9.17) is 21.4 Å². The lowest BCUT2D eigenvalue weighted by Gasteiger charge is -2.27. The fourth-order valence-corrected chi connectivity index (χ4v) is 3.49. The van der Waals surface area contributed by atoms with Gasteiger partial charge in [-0.05, 0) is 25.7 Å². The van der Waals surface area contributed by atoms with E-state index < -0.39 is 0 Å². The maximum Gasteiger partial charge on any atom is 0.191 e. The fraction of sp³-hybridized carbons (Fsp3) is 0.733. The summed E-state index contributed by atoms with van der Waals surface area (Å²) in [5.41, 5.74) is 6.65. The lowest BCUT2D eigenvalue weighted by Crippen LogP contribution is -2.41. The van der Waals surface area contributed by atoms with Gasteiger partial charge in [-0.2, -0.15) is 0 Å². The van der Waals surface area contributed by atoms with E-state index in [0.29, 0.717) is 29.1 Å². The summed E-state index contributed by atoms with van der Waals surface area (Å²) in [6.45, 7) is 2.51. The van der Waals surface area contributed by atoms with Gasteiger partial charge in [-0.3, -0.25) is 5.01 Å². The smallest absolute Gasteiger partial charge is 0.191 e. The minimum atomic E-state index is 0.0376. The first kappa shape index (κ1) is 19.0. The first-order chi connectivity index (χ1) is 11.6. The summed E-state index contributed by atoms with van der Waals surface area (Å²) in [6, 6.07) is 0.111. The van der Waals surface area contributed by atoms with E-state index in [0.717, 1.165) is 31.4 Å². The van der Waals surface area contributed by atoms with Crippen molar-refractivity contribution < 1.29 is 9.84 Å². The molecule has 0 spiro atoms. The van der Waals surface area contributed by atoms with Gasteiger partial charge in [0.1, 0.15) is 5.69 Å². The van der Waals surface area contributed by atoms with Crippen molar-refractivity contribution in [3.05, 3.63) is 0 Å². The number of aliphatic hydroxyl groups excluding tert-OH is 1. The minimum Gasteiger partial charge on any atom is -0.394 e. The van der Waals surface area contributed by atoms with Crippen LogP contribution >= 0.6 is 11.8 Å². The maximum atomic E-state index is 8.87. The largest absolute Gasteiger partial charge is 0.394 e. The number of anilines is 3. The van der Waals surface area contributed by atoms with Gasteiger partial charge in [-0.25, -0.2) is 15.8 Å². The number of hydrogen-bond donors (Lipinski definition) is 4. The van der Waals surface area contributed by atoms with Crippen molar-refractivity contribution in [2.75, 3.05) is 42.1 Å². The van der Waals surface area contributed by atoms with Crippen molar-refractivity contribution >= 4 is 29.1 Å². The Kier molecular flexibility index (Phi) is 7.35. The predicted molar refractivity (Wildman–Crippen MR) is 98.1 cm³/mol. The second-order valence-corrected chi connectivity index (χ2v) is 6.84. The number of nitrogen functional groups attached to an aromatic ring is 1. The van der Waals surface area contributed by atoms with Crippen LogP contribution in [-0.4, -0.2) is 53.2 Å². The molecular formula is C15H28N6O2S. The number of aliphatic hydroxyl groups is 1. The molecule has 1 aromatic heterocycles. The summed E-state index contributed by atoms with van der Waals surface area (Å²) in [5, 5.41) is 14.2. The Hall–Kier alpha value is -1.29. The van der Waals surface area contributed by atoms with E-state index in [2.05, 4.69) is 22.2 Å². The third kappa shape index (κ3) is 4.62. The number of rotatable bonds is 9. The van der Waals surface area contributed by atoms with Crippen LogP contribution in [0.15, 0.2) is 5.16 Å². The first-order valence-electron chi connectivity index (χ1n) is 8.35. The van der Waals surface area contributed by atoms with Gasteiger partial charge in [0.2, 0.25) is 0 Å². The molecule has 1 aromatic rings. The Morgan fingerprint density at radius 1 is 1.42 bits per heavy atom. The second kappa shape index (κ2) is 9.26. The topological polar surface area (TPSA) is 123 Å². The van der Waals surface area contributed by atoms with Crippen molar-refractivity contribution in [1.29, 1.82) is 0 Å². The molecule has 1 heterocycles. The SMILES string of the molecule is CCCSc1nc(NC)c(N)c(N(N)[C@H]2CC[C@@H](OCCO)C2)n1. The number of nitrogens with one attached hydrogen (secondary N) is 1. The summed E-state index contributed by atoms with van der Waals surface area (Å²) in [7, 11) is 1.78. The molecule has 1 fully saturated rings. The molecule has 9 heteroatoms. The molecule has 1 saturated carbocycles. The molecule has 0 radical (unpaired) electrons. The van der Waals surface area contributed by atoms with Gasteiger partial charge < -0.3 is 20.9 Å². The van der Waals surface area contributed by atoms with Gasteiger partial charge in [0.25, 0.3) is 0 Å². The number of hydrogen-bond acceptors (Lipinski definition) is 9. The van der Waals surface area contributed by atoms with Crippen LogP contribution in [0.25, 0.3) is 0 Å². The van der Waals surface area contributed by atoms with Crippen LogP contribution in [0.2, 0.25) is 0 Å². The molecule has 24 heavy (non-hydrogen) atoms. The monoisotopic (exact) mass is 356 g/mol. The number of hydrazine groups is 1. The molecule has 1 aliphatic carbocycles. The van der Waals surface area contributed by atoms with Crippen molar-refractivity contribution in [3.8, 4) is 0 Å². The standard InChI is InChI=1S/C15H28N6O2S/c1-3-8-24-15-19-13(18-2)12(16)14(20-15)21(17)10-4-5-11(9-10)23-7-6-22/h10-11,22H,3-9,16-17H2,1-2H3,(H,18,19,20)/t10-,11+/m0/s1. The van der Waals surface area contributed by atoms with Crippen LogP contribution in [-0.2, 0) is 4.74 Å². The van der Waals surface area contributed by atoms with Gasteiger partial charge in [0.15, 0.2) is 16.8 Å². The summed E-state index contributed by atoms with van der Waals surface area (Å²) < 4.78 is 5.61. The number of aromatic nitrogens is 2. The highest BCUT2D eigenvalue weighted by Gasteiger charge is 2.31. The zero-order valence-electron chi connectivity index (χ0n) is 14.4. The van der Waals surface area contributed by atoms with Crippen LogP contribution in [0.3, 0.4) is 0 Å². The van der Waals surface area contributed by atoms with Gasteiger partial charge in [-0.1, -0.05) is 18.7 Å². The van der Waals surface area contributed by atoms with Gasteiger partial charge in [-0.15, -0.1) is 0 Å². The van der Waals surface area contributed by atoms with Crippen LogP contribution < -0.4 is 21.9 Å². The third-order valence-electron chi connectivity index (χ3n) is 4.02. The van der Waals surface area contributed by atoms with E-state index in [1.807, 2.05) is 0 Å². The number of nitrogens with two attached hydrogens (primary N) is 2. The van der Waals surface area contributed by atoms with E-state index in [9.17, 15) is 0 Å². The van der Waals surface area contributed by atoms with Crippen LogP contribution in [0.4, 0.5) is 17.3 Å². The molecule has 1 aliphatic rings. The molecule has 8 nitrogen and oxygen atoms in total. The molecule has 0 bridgehead atoms. The summed E-state index contributed by atoms with van der Waals surface area (Å²) in [5.74, 6) is 8.43. The van der Waals surface area contributed by atoms with Crippen LogP contribution in [0.5, 0.6) is 0 Å². The number of thioether (sulfide) groups is 1. The quantitative estimate of drug-likeness (QED) is 0.224. The molecule has 0 amide bonds. The Labute approximate surface area is 147 Å². The molecule has 136 valence electrons. The summed E-state index contributed by atoms with van der Waals surface area (Å²) in [6.07, 6.45) is 3.78. The van der Waals surface area contributed by atoms with E-state index >= 15 is 0 Å². The Balaban J connectivity index is 2.14. The fourth-order valence-electron chi connectivity index (χ4n) is 2.80. The molecule has 2 atom stereocenters. The van der Waals surface area contributed by atoms with E-state index in [-0.39, 0.29) is 18.8 Å². The first-order valence-corrected chi connectivity index (χ1v) is 9.33. The molecule has 0 aliphatic heterocycles. The number of nitrogens with zero attached hydrogens (tertiary/aromatic N) is 3. The zero-order chi connectivity index (χ0) is 17.5. The van der Waals surface area contributed by atoms with Gasteiger partial charge >= 0.3 is 0 Å². The maximum absolute atomic E-state index is 8.87. The molecule has 0 saturated heterocycles. The third-order valence-corrected chi connectivity index (χ3v) is 5.07. The van der Waals surface area contributed by atoms with Gasteiger partial charge in [0, 0.05) is 18.8 Å². The molecular weight excluding hydrogens is 328 g/mol. The highest BCUT2D eigenvalue weighted by atomic mass is 32.2. The lowest BCUT2D eigenvalue weighted by atomic mass is 10.2. The van der Waals surface area contributed by atoms with Crippen molar-refractivity contribution in [2.24, 2.45) is 5.84 Å². The molecule has 2 rings (SSSR count). The second-order valence-electron chi connectivity index (χ2n) is 5.78. The summed E-state index contributed by atoms with van der Waals surface area (Å²) in [4.78, 5) is 8.99. The molecule has 6 N–H and O–H groups in total. The summed E-state index contributed by atoms with van der Waals surface area (Å²) >= 11 is 1.59. The average molecular weight is 356 g/mol.